The molecule has 0 bridgehead atoms. The van der Waals surface area contributed by atoms with Gasteiger partial charge >= 0.3 is 12.1 Å². The van der Waals surface area contributed by atoms with E-state index in [4.69, 9.17) is 10.8 Å². The molecule has 0 aliphatic rings. The van der Waals surface area contributed by atoms with E-state index in [-0.39, 0.29) is 17.1 Å². The fraction of sp³-hybridized carbons (Fsp3) is 0.333. The molecule has 8 heteroatoms. The summed E-state index contributed by atoms with van der Waals surface area (Å²) in [5, 5.41) is 8.70. The van der Waals surface area contributed by atoms with Crippen molar-refractivity contribution in [1.29, 1.82) is 0 Å². The van der Waals surface area contributed by atoms with Crippen LogP contribution < -0.4 is 10.5 Å². The van der Waals surface area contributed by atoms with Gasteiger partial charge in [0.25, 0.3) is 0 Å². The van der Waals surface area contributed by atoms with Crippen molar-refractivity contribution in [3.05, 3.63) is 17.8 Å². The minimum atomic E-state index is -4.35. The van der Waals surface area contributed by atoms with Gasteiger partial charge in [0, 0.05) is 6.20 Å². The number of ether oxygens (including phenoxy) is 1. The molecule has 0 saturated heterocycles. The molecule has 17 heavy (non-hydrogen) atoms. The number of nitrogens with zero attached hydrogens (tertiary/aromatic N) is 1. The van der Waals surface area contributed by atoms with Crippen LogP contribution in [0.15, 0.2) is 12.3 Å². The number of nitrogens with two attached hydrogens (primary N) is 1. The van der Waals surface area contributed by atoms with Gasteiger partial charge in [0.15, 0.2) is 0 Å². The highest BCUT2D eigenvalue weighted by Gasteiger charge is 2.27. The van der Waals surface area contributed by atoms with E-state index in [1.165, 1.54) is 0 Å². The van der Waals surface area contributed by atoms with Crippen LogP contribution in [0.25, 0.3) is 0 Å². The maximum atomic E-state index is 11.8. The SMILES string of the molecule is Nc1c(C(=O)O)ccnc1OCCC(F)(F)F. The third-order valence-electron chi connectivity index (χ3n) is 1.81. The van der Waals surface area contributed by atoms with Crippen molar-refractivity contribution in [2.75, 3.05) is 12.3 Å². The first-order chi connectivity index (χ1) is 7.81. The number of carbonyl (C=O) groups is 1. The van der Waals surface area contributed by atoms with Crippen molar-refractivity contribution in [3.8, 4) is 5.88 Å². The number of aromatic carboxylic acids is 1. The Morgan fingerprint density at radius 2 is 2.18 bits per heavy atom. The van der Waals surface area contributed by atoms with Crippen molar-refractivity contribution in [2.45, 2.75) is 12.6 Å². The van der Waals surface area contributed by atoms with Crippen molar-refractivity contribution < 1.29 is 27.8 Å². The van der Waals surface area contributed by atoms with Crippen LogP contribution in [0.1, 0.15) is 16.8 Å². The molecule has 1 aromatic rings. The third-order valence-corrected chi connectivity index (χ3v) is 1.81. The van der Waals surface area contributed by atoms with Crippen LogP contribution >= 0.6 is 0 Å². The Kier molecular flexibility index (Phi) is 3.77. The molecule has 1 rings (SSSR count). The number of halogens is 3. The van der Waals surface area contributed by atoms with E-state index in [1.807, 2.05) is 0 Å². The van der Waals surface area contributed by atoms with Crippen LogP contribution in [0.5, 0.6) is 5.88 Å². The lowest BCUT2D eigenvalue weighted by Crippen LogP contribution is -2.14. The maximum Gasteiger partial charge on any atom is 0.392 e. The van der Waals surface area contributed by atoms with Gasteiger partial charge in [-0.15, -0.1) is 0 Å². The number of aromatic nitrogens is 1. The lowest BCUT2D eigenvalue weighted by molar-refractivity contribution is -0.139. The molecule has 3 N–H and O–H groups in total. The topological polar surface area (TPSA) is 85.4 Å². The summed E-state index contributed by atoms with van der Waals surface area (Å²) >= 11 is 0. The van der Waals surface area contributed by atoms with Gasteiger partial charge in [-0.1, -0.05) is 0 Å². The molecule has 5 nitrogen and oxygen atoms in total. The molecule has 0 fully saturated rings. The first-order valence-electron chi connectivity index (χ1n) is 4.48. The lowest BCUT2D eigenvalue weighted by atomic mass is 10.2. The van der Waals surface area contributed by atoms with E-state index in [9.17, 15) is 18.0 Å². The van der Waals surface area contributed by atoms with Gasteiger partial charge in [0.1, 0.15) is 5.69 Å². The Morgan fingerprint density at radius 1 is 1.53 bits per heavy atom. The standard InChI is InChI=1S/C9H9F3N2O3/c10-9(11,12)2-4-17-7-6(13)5(8(15)16)1-3-14-7/h1,3H,2,4,13H2,(H,15,16). The fourth-order valence-electron chi connectivity index (χ4n) is 1.02. The molecular weight excluding hydrogens is 241 g/mol. The molecule has 0 aliphatic heterocycles. The predicted octanol–water partition coefficient (Wildman–Crippen LogP) is 1.69. The maximum absolute atomic E-state index is 11.8. The summed E-state index contributed by atoms with van der Waals surface area (Å²) in [6, 6.07) is 1.13. The highest BCUT2D eigenvalue weighted by Crippen LogP contribution is 2.24. The molecule has 0 radical (unpaired) electrons. The minimum Gasteiger partial charge on any atom is -0.478 e. The van der Waals surface area contributed by atoms with E-state index in [0.29, 0.717) is 0 Å². The quantitative estimate of drug-likeness (QED) is 0.849. The fourth-order valence-corrected chi connectivity index (χ4v) is 1.02. The second-order valence-electron chi connectivity index (χ2n) is 3.10. The van der Waals surface area contributed by atoms with E-state index >= 15 is 0 Å². The zero-order valence-electron chi connectivity index (χ0n) is 8.49. The van der Waals surface area contributed by atoms with Gasteiger partial charge in [-0.2, -0.15) is 13.2 Å². The summed E-state index contributed by atoms with van der Waals surface area (Å²) in [4.78, 5) is 14.2. The normalized spacial score (nSPS) is 11.2. The Labute approximate surface area is 94.0 Å². The van der Waals surface area contributed by atoms with E-state index in [2.05, 4.69) is 9.72 Å². The molecule has 0 saturated carbocycles. The zero-order valence-corrected chi connectivity index (χ0v) is 8.49. The second kappa shape index (κ2) is 4.89. The number of rotatable bonds is 4. The summed E-state index contributed by atoms with van der Waals surface area (Å²) in [7, 11) is 0. The number of alkyl halides is 3. The van der Waals surface area contributed by atoms with Gasteiger partial charge < -0.3 is 15.6 Å². The average Bonchev–Trinajstić information content (AvgIpc) is 2.18. The highest BCUT2D eigenvalue weighted by atomic mass is 19.4. The largest absolute Gasteiger partial charge is 0.478 e. The smallest absolute Gasteiger partial charge is 0.392 e. The summed E-state index contributed by atoms with van der Waals surface area (Å²) < 4.78 is 40.2. The summed E-state index contributed by atoms with van der Waals surface area (Å²) in [5.41, 5.74) is 4.83. The van der Waals surface area contributed by atoms with Gasteiger partial charge in [-0.3, -0.25) is 0 Å². The van der Waals surface area contributed by atoms with Crippen LogP contribution in [0.4, 0.5) is 18.9 Å². The molecule has 1 aromatic heterocycles. The Hall–Kier alpha value is -1.99. The van der Waals surface area contributed by atoms with E-state index in [1.54, 1.807) is 0 Å². The number of hydrogen-bond donors (Lipinski definition) is 2. The van der Waals surface area contributed by atoms with Crippen molar-refractivity contribution in [1.82, 2.24) is 4.98 Å². The molecule has 0 atom stereocenters. The number of nitrogen functional groups attached to an aromatic ring is 1. The molecule has 1 heterocycles. The van der Waals surface area contributed by atoms with Gasteiger partial charge in [-0.25, -0.2) is 9.78 Å². The molecule has 0 aromatic carbocycles. The van der Waals surface area contributed by atoms with Crippen molar-refractivity contribution in [2.24, 2.45) is 0 Å². The van der Waals surface area contributed by atoms with Crippen molar-refractivity contribution in [3.63, 3.8) is 0 Å². The van der Waals surface area contributed by atoms with Crippen LogP contribution in [0.2, 0.25) is 0 Å². The van der Waals surface area contributed by atoms with Gasteiger partial charge in [-0.05, 0) is 6.07 Å². The number of pyridine rings is 1. The number of carboxylic acid groups (broad SMARTS) is 1. The first-order valence-corrected chi connectivity index (χ1v) is 4.48. The molecule has 0 amide bonds. The third kappa shape index (κ3) is 3.82. The van der Waals surface area contributed by atoms with Crippen LogP contribution in [0.3, 0.4) is 0 Å². The predicted molar refractivity (Wildman–Crippen MR) is 51.8 cm³/mol. The van der Waals surface area contributed by atoms with Crippen molar-refractivity contribution >= 4 is 11.7 Å². The Morgan fingerprint density at radius 3 is 2.71 bits per heavy atom. The van der Waals surface area contributed by atoms with Crippen LogP contribution in [0, 0.1) is 0 Å². The Bertz CT molecular complexity index is 420. The second-order valence-corrected chi connectivity index (χ2v) is 3.10. The monoisotopic (exact) mass is 250 g/mol. The zero-order chi connectivity index (χ0) is 13.1. The number of hydrogen-bond acceptors (Lipinski definition) is 4. The minimum absolute atomic E-state index is 0.262. The summed E-state index contributed by atoms with van der Waals surface area (Å²) in [5.74, 6) is -1.61. The van der Waals surface area contributed by atoms with Crippen LogP contribution in [-0.2, 0) is 0 Å². The van der Waals surface area contributed by atoms with Gasteiger partial charge in [0.05, 0.1) is 18.6 Å². The average molecular weight is 250 g/mol. The Balaban J connectivity index is 2.72. The molecule has 0 unspecified atom stereocenters. The molecule has 0 spiro atoms. The number of anilines is 1. The van der Waals surface area contributed by atoms with Gasteiger partial charge in [0.2, 0.25) is 5.88 Å². The summed E-state index contributed by atoms with van der Waals surface area (Å²) in [6.07, 6.45) is -4.41. The number of carboxylic acids is 1. The molecule has 94 valence electrons. The molecular formula is C9H9F3N2O3. The summed E-state index contributed by atoms with van der Waals surface area (Å²) in [6.45, 7) is -0.663. The van der Waals surface area contributed by atoms with E-state index < -0.39 is 25.2 Å². The van der Waals surface area contributed by atoms with E-state index in [0.717, 1.165) is 12.3 Å². The highest BCUT2D eigenvalue weighted by molar-refractivity contribution is 5.94. The molecule has 0 aliphatic carbocycles. The first kappa shape index (κ1) is 13.1. The van der Waals surface area contributed by atoms with Crippen LogP contribution in [-0.4, -0.2) is 28.8 Å². The lowest BCUT2D eigenvalue weighted by Gasteiger charge is -2.10.